The fourth-order valence-electron chi connectivity index (χ4n) is 2.01. The number of hydrogen-bond acceptors (Lipinski definition) is 5. The smallest absolute Gasteiger partial charge is 0.270 e. The Morgan fingerprint density at radius 1 is 1.40 bits per heavy atom. The van der Waals surface area contributed by atoms with Gasteiger partial charge in [-0.15, -0.1) is 0 Å². The molecule has 0 atom stereocenters. The van der Waals surface area contributed by atoms with Crippen LogP contribution in [0.1, 0.15) is 12.6 Å². The van der Waals surface area contributed by atoms with Crippen molar-refractivity contribution in [2.24, 2.45) is 0 Å². The Hall–Kier alpha value is -2.21. The van der Waals surface area contributed by atoms with Gasteiger partial charge in [0.2, 0.25) is 0 Å². The zero-order chi connectivity index (χ0) is 14.5. The molecule has 0 saturated carbocycles. The molecular weight excluding hydrogens is 258 g/mol. The molecule has 1 N–H and O–H groups in total. The topological polar surface area (TPSA) is 77.3 Å². The molecule has 6 heteroatoms. The lowest BCUT2D eigenvalue weighted by Crippen LogP contribution is -2.10. The minimum absolute atomic E-state index is 0.0658. The van der Waals surface area contributed by atoms with Gasteiger partial charge >= 0.3 is 0 Å². The van der Waals surface area contributed by atoms with E-state index in [-0.39, 0.29) is 5.69 Å². The van der Waals surface area contributed by atoms with Crippen LogP contribution in [0.4, 0.5) is 11.4 Å². The summed E-state index contributed by atoms with van der Waals surface area (Å²) in [5, 5.41) is 14.9. The number of fused-ring (bicyclic) bond motifs is 1. The fourth-order valence-corrected chi connectivity index (χ4v) is 2.01. The van der Waals surface area contributed by atoms with Crippen LogP contribution < -0.4 is 5.32 Å². The molecule has 0 fully saturated rings. The second-order valence-electron chi connectivity index (χ2n) is 4.39. The van der Waals surface area contributed by atoms with Crippen molar-refractivity contribution in [2.45, 2.75) is 13.8 Å². The van der Waals surface area contributed by atoms with Crippen molar-refractivity contribution in [3.05, 3.63) is 40.1 Å². The predicted molar refractivity (Wildman–Crippen MR) is 78.1 cm³/mol. The summed E-state index contributed by atoms with van der Waals surface area (Å²) in [5.74, 6) is 0. The van der Waals surface area contributed by atoms with E-state index in [9.17, 15) is 10.1 Å². The van der Waals surface area contributed by atoms with E-state index < -0.39 is 4.92 Å². The summed E-state index contributed by atoms with van der Waals surface area (Å²) in [6, 6.07) is 6.58. The first-order valence-corrected chi connectivity index (χ1v) is 6.49. The van der Waals surface area contributed by atoms with E-state index in [1.807, 2.05) is 19.9 Å². The van der Waals surface area contributed by atoms with E-state index in [1.54, 1.807) is 12.1 Å². The maximum Gasteiger partial charge on any atom is 0.270 e. The Morgan fingerprint density at radius 2 is 2.20 bits per heavy atom. The highest BCUT2D eigenvalue weighted by molar-refractivity contribution is 5.93. The molecule has 0 aliphatic heterocycles. The van der Waals surface area contributed by atoms with Crippen LogP contribution in [0.3, 0.4) is 0 Å². The van der Waals surface area contributed by atoms with Gasteiger partial charge < -0.3 is 10.1 Å². The summed E-state index contributed by atoms with van der Waals surface area (Å²) in [4.78, 5) is 14.9. The third-order valence-corrected chi connectivity index (χ3v) is 2.90. The highest BCUT2D eigenvalue weighted by atomic mass is 16.6. The van der Waals surface area contributed by atoms with Gasteiger partial charge in [-0.3, -0.25) is 15.1 Å². The number of nitro benzene ring substituents is 1. The van der Waals surface area contributed by atoms with Crippen LogP contribution in [0.5, 0.6) is 0 Å². The number of benzene rings is 1. The van der Waals surface area contributed by atoms with Gasteiger partial charge in [-0.2, -0.15) is 0 Å². The average molecular weight is 275 g/mol. The average Bonchev–Trinajstić information content (AvgIpc) is 2.42. The predicted octanol–water partition coefficient (Wildman–Crippen LogP) is 2.90. The second kappa shape index (κ2) is 6.29. The number of ether oxygens (including phenoxy) is 1. The highest BCUT2D eigenvalue weighted by Gasteiger charge is 2.10. The number of pyridine rings is 1. The molecule has 2 rings (SSSR count). The van der Waals surface area contributed by atoms with Crippen LogP contribution in [0.25, 0.3) is 10.9 Å². The van der Waals surface area contributed by atoms with E-state index in [2.05, 4.69) is 10.3 Å². The van der Waals surface area contributed by atoms with Crippen molar-refractivity contribution >= 4 is 22.3 Å². The second-order valence-corrected chi connectivity index (χ2v) is 4.39. The number of aromatic nitrogens is 1. The number of nitrogens with one attached hydrogen (secondary N) is 1. The van der Waals surface area contributed by atoms with Crippen LogP contribution in [-0.2, 0) is 4.74 Å². The lowest BCUT2D eigenvalue weighted by atomic mass is 10.1. The van der Waals surface area contributed by atoms with Crippen molar-refractivity contribution in [1.82, 2.24) is 4.98 Å². The minimum Gasteiger partial charge on any atom is -0.382 e. The molecule has 0 bridgehead atoms. The van der Waals surface area contributed by atoms with Crippen molar-refractivity contribution < 1.29 is 9.66 Å². The molecule has 0 unspecified atom stereocenters. The molecule has 1 heterocycles. The van der Waals surface area contributed by atoms with Crippen LogP contribution in [-0.4, -0.2) is 29.7 Å². The van der Waals surface area contributed by atoms with Gasteiger partial charge in [0.1, 0.15) is 0 Å². The largest absolute Gasteiger partial charge is 0.382 e. The maximum absolute atomic E-state index is 10.9. The lowest BCUT2D eigenvalue weighted by Gasteiger charge is -2.10. The Labute approximate surface area is 116 Å². The molecular formula is C14H17N3O3. The molecule has 1 aromatic carbocycles. The van der Waals surface area contributed by atoms with Crippen LogP contribution in [0.2, 0.25) is 0 Å². The Balaban J connectivity index is 2.34. The Bertz CT molecular complexity index is 628. The number of aryl methyl sites for hydroxylation is 1. The number of nitrogens with zero attached hydrogens (tertiary/aromatic N) is 2. The molecule has 0 aliphatic carbocycles. The first-order chi connectivity index (χ1) is 9.61. The monoisotopic (exact) mass is 275 g/mol. The Morgan fingerprint density at radius 3 is 2.90 bits per heavy atom. The van der Waals surface area contributed by atoms with E-state index in [0.29, 0.717) is 19.8 Å². The molecule has 106 valence electrons. The molecule has 0 aliphatic rings. The first-order valence-electron chi connectivity index (χ1n) is 6.49. The van der Waals surface area contributed by atoms with Gasteiger partial charge in [0.05, 0.1) is 17.0 Å². The van der Waals surface area contributed by atoms with Gasteiger partial charge in [0.25, 0.3) is 5.69 Å². The fraction of sp³-hybridized carbons (Fsp3) is 0.357. The summed E-state index contributed by atoms with van der Waals surface area (Å²) < 4.78 is 5.27. The van der Waals surface area contributed by atoms with Gasteiger partial charge in [0, 0.05) is 42.1 Å². The van der Waals surface area contributed by atoms with E-state index in [1.165, 1.54) is 6.07 Å². The molecule has 0 amide bonds. The van der Waals surface area contributed by atoms with Crippen molar-refractivity contribution in [1.29, 1.82) is 0 Å². The molecule has 2 aromatic rings. The molecule has 1 aromatic heterocycles. The van der Waals surface area contributed by atoms with Crippen molar-refractivity contribution in [3.8, 4) is 0 Å². The lowest BCUT2D eigenvalue weighted by molar-refractivity contribution is -0.384. The van der Waals surface area contributed by atoms with E-state index >= 15 is 0 Å². The van der Waals surface area contributed by atoms with Crippen LogP contribution >= 0.6 is 0 Å². The molecule has 0 radical (unpaired) electrons. The van der Waals surface area contributed by atoms with E-state index in [4.69, 9.17) is 4.74 Å². The summed E-state index contributed by atoms with van der Waals surface area (Å²) in [5.41, 5.74) is 2.52. The summed E-state index contributed by atoms with van der Waals surface area (Å²) in [7, 11) is 0. The molecule has 0 saturated heterocycles. The zero-order valence-corrected chi connectivity index (χ0v) is 11.5. The number of nitro groups is 1. The van der Waals surface area contributed by atoms with Gasteiger partial charge in [0.15, 0.2) is 0 Å². The summed E-state index contributed by atoms with van der Waals surface area (Å²) in [6.45, 7) is 5.75. The number of hydrogen-bond donors (Lipinski definition) is 1. The highest BCUT2D eigenvalue weighted by Crippen LogP contribution is 2.27. The maximum atomic E-state index is 10.9. The van der Waals surface area contributed by atoms with Gasteiger partial charge in [-0.1, -0.05) is 0 Å². The number of anilines is 1. The Kier molecular flexibility index (Phi) is 4.47. The molecule has 20 heavy (non-hydrogen) atoms. The van der Waals surface area contributed by atoms with Crippen LogP contribution in [0, 0.1) is 17.0 Å². The number of non-ortho nitro benzene ring substituents is 1. The SMILES string of the molecule is CCOCCNc1cc(C)nc2ccc([N+](=O)[O-])cc12. The van der Waals surface area contributed by atoms with Crippen LogP contribution in [0.15, 0.2) is 24.3 Å². The zero-order valence-electron chi connectivity index (χ0n) is 11.5. The number of rotatable bonds is 6. The molecule has 0 spiro atoms. The summed E-state index contributed by atoms with van der Waals surface area (Å²) in [6.07, 6.45) is 0. The quantitative estimate of drug-likeness (QED) is 0.498. The molecule has 6 nitrogen and oxygen atoms in total. The minimum atomic E-state index is -0.400. The van der Waals surface area contributed by atoms with Crippen molar-refractivity contribution in [2.75, 3.05) is 25.1 Å². The van der Waals surface area contributed by atoms with E-state index in [0.717, 1.165) is 22.3 Å². The first kappa shape index (κ1) is 14.2. The summed E-state index contributed by atoms with van der Waals surface area (Å²) >= 11 is 0. The van der Waals surface area contributed by atoms with Crippen molar-refractivity contribution in [3.63, 3.8) is 0 Å². The van der Waals surface area contributed by atoms with Gasteiger partial charge in [-0.25, -0.2) is 0 Å². The standard InChI is InChI=1S/C14H17N3O3/c1-3-20-7-6-15-14-8-10(2)16-13-5-4-11(17(18)19)9-12(13)14/h4-5,8-9H,3,6-7H2,1-2H3,(H,15,16). The third-order valence-electron chi connectivity index (χ3n) is 2.90. The van der Waals surface area contributed by atoms with Gasteiger partial charge in [-0.05, 0) is 26.0 Å². The normalized spacial score (nSPS) is 10.7. The third kappa shape index (κ3) is 3.21.